The fourth-order valence-corrected chi connectivity index (χ4v) is 4.89. The maximum atomic E-state index is 12.6. The molecule has 0 unspecified atom stereocenters. The number of halogens is 1. The van der Waals surface area contributed by atoms with Gasteiger partial charge in [0.05, 0.1) is 12.0 Å². The Morgan fingerprint density at radius 2 is 2.20 bits per heavy atom. The molecule has 0 bridgehead atoms. The van der Waals surface area contributed by atoms with Crippen molar-refractivity contribution >= 4 is 31.9 Å². The van der Waals surface area contributed by atoms with Gasteiger partial charge < -0.3 is 9.84 Å². The van der Waals surface area contributed by atoms with Crippen molar-refractivity contribution in [3.05, 3.63) is 22.7 Å². The van der Waals surface area contributed by atoms with Gasteiger partial charge in [0.2, 0.25) is 10.0 Å². The number of hydrogen-bond acceptors (Lipinski definition) is 4. The van der Waals surface area contributed by atoms with Crippen molar-refractivity contribution in [1.29, 1.82) is 0 Å². The Morgan fingerprint density at radius 3 is 2.75 bits per heavy atom. The molecule has 0 aromatic heterocycles. The van der Waals surface area contributed by atoms with Gasteiger partial charge in [-0.2, -0.15) is 4.31 Å². The summed E-state index contributed by atoms with van der Waals surface area (Å²) < 4.78 is 31.5. The lowest BCUT2D eigenvalue weighted by molar-refractivity contribution is -0.140. The molecule has 0 saturated carbocycles. The zero-order chi connectivity index (χ0) is 14.9. The van der Waals surface area contributed by atoms with Crippen LogP contribution in [0, 0.1) is 0 Å². The molecule has 1 heterocycles. The molecule has 1 saturated heterocycles. The van der Waals surface area contributed by atoms with Gasteiger partial charge in [-0.15, -0.1) is 0 Å². The van der Waals surface area contributed by atoms with Gasteiger partial charge in [-0.3, -0.25) is 4.79 Å². The normalized spacial score (nSPS) is 20.0. The predicted octanol–water partition coefficient (Wildman–Crippen LogP) is 1.70. The predicted molar refractivity (Wildman–Crippen MR) is 75.2 cm³/mol. The number of carboxylic acids is 1. The SMILES string of the molecule is COc1ccc(S(=O)(=O)N2CCC[C@@H]2C(=O)O)c(Br)c1. The highest BCUT2D eigenvalue weighted by molar-refractivity contribution is 9.10. The van der Waals surface area contributed by atoms with Crippen LogP contribution in [0.1, 0.15) is 12.8 Å². The summed E-state index contributed by atoms with van der Waals surface area (Å²) in [6.45, 7) is 0.220. The number of methoxy groups -OCH3 is 1. The molecule has 0 aliphatic carbocycles. The zero-order valence-electron chi connectivity index (χ0n) is 10.7. The lowest BCUT2D eigenvalue weighted by Crippen LogP contribution is -2.40. The molecular formula is C12H14BrNO5S. The molecule has 1 aromatic carbocycles. The standard InChI is InChI=1S/C12H14BrNO5S/c1-19-8-4-5-11(9(13)7-8)20(17,18)14-6-2-3-10(14)12(15)16/h4-5,7,10H,2-3,6H2,1H3,(H,15,16)/t10-/m1/s1. The number of aliphatic carboxylic acids is 1. The molecule has 20 heavy (non-hydrogen) atoms. The van der Waals surface area contributed by atoms with Gasteiger partial charge in [-0.25, -0.2) is 8.42 Å². The number of rotatable bonds is 4. The quantitative estimate of drug-likeness (QED) is 0.879. The van der Waals surface area contributed by atoms with E-state index in [1.54, 1.807) is 6.07 Å². The minimum Gasteiger partial charge on any atom is -0.497 e. The number of carbonyl (C=O) groups is 1. The van der Waals surface area contributed by atoms with E-state index in [-0.39, 0.29) is 11.4 Å². The fourth-order valence-electron chi connectivity index (χ4n) is 2.22. The summed E-state index contributed by atoms with van der Waals surface area (Å²) in [5.41, 5.74) is 0. The second-order valence-electron chi connectivity index (χ2n) is 4.41. The van der Waals surface area contributed by atoms with Gasteiger partial charge >= 0.3 is 5.97 Å². The molecule has 8 heteroatoms. The van der Waals surface area contributed by atoms with Crippen molar-refractivity contribution < 1.29 is 23.1 Å². The first-order valence-electron chi connectivity index (χ1n) is 5.96. The summed E-state index contributed by atoms with van der Waals surface area (Å²) in [5.74, 6) is -0.595. The largest absolute Gasteiger partial charge is 0.497 e. The monoisotopic (exact) mass is 363 g/mol. The Labute approximate surface area is 125 Å². The van der Waals surface area contributed by atoms with Crippen LogP contribution in [0.5, 0.6) is 5.75 Å². The Kier molecular flexibility index (Phi) is 4.36. The molecule has 0 amide bonds. The van der Waals surface area contributed by atoms with Crippen LogP contribution in [-0.2, 0) is 14.8 Å². The third-order valence-electron chi connectivity index (χ3n) is 3.21. The highest BCUT2D eigenvalue weighted by atomic mass is 79.9. The number of nitrogens with zero attached hydrogens (tertiary/aromatic N) is 1. The first-order valence-corrected chi connectivity index (χ1v) is 8.19. The summed E-state index contributed by atoms with van der Waals surface area (Å²) in [6.07, 6.45) is 0.881. The molecule has 1 aliphatic rings. The van der Waals surface area contributed by atoms with E-state index < -0.39 is 22.0 Å². The van der Waals surface area contributed by atoms with Crippen molar-refractivity contribution in [3.63, 3.8) is 0 Å². The fraction of sp³-hybridized carbons (Fsp3) is 0.417. The number of carboxylic acid groups (broad SMARTS) is 1. The minimum absolute atomic E-state index is 0.0476. The van der Waals surface area contributed by atoms with Crippen LogP contribution >= 0.6 is 15.9 Å². The zero-order valence-corrected chi connectivity index (χ0v) is 13.1. The highest BCUT2D eigenvalue weighted by Gasteiger charge is 2.40. The maximum Gasteiger partial charge on any atom is 0.322 e. The Balaban J connectivity index is 2.42. The van der Waals surface area contributed by atoms with Crippen molar-refractivity contribution in [2.45, 2.75) is 23.8 Å². The summed E-state index contributed by atoms with van der Waals surface area (Å²) >= 11 is 3.19. The Hall–Kier alpha value is -1.12. The summed E-state index contributed by atoms with van der Waals surface area (Å²) in [5, 5.41) is 9.11. The number of sulfonamides is 1. The van der Waals surface area contributed by atoms with Crippen LogP contribution in [0.15, 0.2) is 27.6 Å². The van der Waals surface area contributed by atoms with Gasteiger partial charge in [-0.05, 0) is 47.0 Å². The average Bonchev–Trinajstić information content (AvgIpc) is 2.88. The Morgan fingerprint density at radius 1 is 1.50 bits per heavy atom. The summed E-state index contributed by atoms with van der Waals surface area (Å²) in [7, 11) is -2.36. The van der Waals surface area contributed by atoms with E-state index in [1.165, 1.54) is 19.2 Å². The van der Waals surface area contributed by atoms with Gasteiger partial charge in [0.1, 0.15) is 11.8 Å². The lowest BCUT2D eigenvalue weighted by Gasteiger charge is -2.21. The third-order valence-corrected chi connectivity index (χ3v) is 6.10. The minimum atomic E-state index is -3.84. The summed E-state index contributed by atoms with van der Waals surface area (Å²) in [6, 6.07) is 3.49. The molecule has 1 aromatic rings. The van der Waals surface area contributed by atoms with E-state index in [1.807, 2.05) is 0 Å². The van der Waals surface area contributed by atoms with Crippen molar-refractivity contribution in [1.82, 2.24) is 4.31 Å². The van der Waals surface area contributed by atoms with E-state index >= 15 is 0 Å². The van der Waals surface area contributed by atoms with Crippen LogP contribution in [-0.4, -0.2) is 43.5 Å². The first-order chi connectivity index (χ1) is 9.37. The van der Waals surface area contributed by atoms with E-state index in [0.717, 1.165) is 4.31 Å². The van der Waals surface area contributed by atoms with E-state index in [9.17, 15) is 13.2 Å². The van der Waals surface area contributed by atoms with Crippen molar-refractivity contribution in [2.24, 2.45) is 0 Å². The first kappa shape index (κ1) is 15.3. The molecule has 6 nitrogen and oxygen atoms in total. The summed E-state index contributed by atoms with van der Waals surface area (Å²) in [4.78, 5) is 11.2. The number of ether oxygens (including phenoxy) is 1. The number of hydrogen-bond donors (Lipinski definition) is 1. The average molecular weight is 364 g/mol. The smallest absolute Gasteiger partial charge is 0.322 e. The molecule has 0 radical (unpaired) electrons. The van der Waals surface area contributed by atoms with Crippen molar-refractivity contribution in [3.8, 4) is 5.75 Å². The Bertz CT molecular complexity index is 631. The van der Waals surface area contributed by atoms with Crippen molar-refractivity contribution in [2.75, 3.05) is 13.7 Å². The second-order valence-corrected chi connectivity index (χ2v) is 7.12. The molecule has 2 rings (SSSR count). The number of benzene rings is 1. The lowest BCUT2D eigenvalue weighted by atomic mass is 10.2. The molecule has 1 N–H and O–H groups in total. The van der Waals surface area contributed by atoms with Crippen LogP contribution in [0.3, 0.4) is 0 Å². The van der Waals surface area contributed by atoms with Crippen LogP contribution in [0.2, 0.25) is 0 Å². The van der Waals surface area contributed by atoms with Crippen LogP contribution in [0.25, 0.3) is 0 Å². The van der Waals surface area contributed by atoms with Gasteiger partial charge in [0.15, 0.2) is 0 Å². The van der Waals surface area contributed by atoms with E-state index in [4.69, 9.17) is 9.84 Å². The molecule has 1 fully saturated rings. The molecule has 0 spiro atoms. The van der Waals surface area contributed by atoms with E-state index in [2.05, 4.69) is 15.9 Å². The second kappa shape index (κ2) is 5.71. The topological polar surface area (TPSA) is 83.9 Å². The van der Waals surface area contributed by atoms with Gasteiger partial charge in [0.25, 0.3) is 0 Å². The van der Waals surface area contributed by atoms with Gasteiger partial charge in [-0.1, -0.05) is 0 Å². The van der Waals surface area contributed by atoms with E-state index in [0.29, 0.717) is 23.1 Å². The van der Waals surface area contributed by atoms with Crippen LogP contribution in [0.4, 0.5) is 0 Å². The highest BCUT2D eigenvalue weighted by Crippen LogP contribution is 2.32. The molecule has 110 valence electrons. The third kappa shape index (κ3) is 2.68. The molecular weight excluding hydrogens is 350 g/mol. The molecule has 1 atom stereocenters. The van der Waals surface area contributed by atoms with Crippen LogP contribution < -0.4 is 4.74 Å². The maximum absolute atomic E-state index is 12.6. The molecule has 1 aliphatic heterocycles. The van der Waals surface area contributed by atoms with Gasteiger partial charge in [0, 0.05) is 11.0 Å².